The Morgan fingerprint density at radius 2 is 0.949 bits per heavy atom. The van der Waals surface area contributed by atoms with Gasteiger partial charge in [0.05, 0.1) is 11.1 Å². The van der Waals surface area contributed by atoms with E-state index in [1.54, 1.807) is 0 Å². The standard InChI is InChI=1S/C26H20Cl2O11/c1-3-21(29)35-9-11-37-25(33)19-13-15(5-7-17(19)23(27)31)39-16-6-8-18(24(28)32)20(14-16)26(34)38-12-10-36-22(30)4-2/h3-8,13-14H,1-2,9-12H2. The second-order valence-electron chi connectivity index (χ2n) is 7.08. The van der Waals surface area contributed by atoms with Gasteiger partial charge in [0.25, 0.3) is 10.5 Å². The van der Waals surface area contributed by atoms with Crippen LogP contribution in [0.3, 0.4) is 0 Å². The Kier molecular flexibility index (Phi) is 11.9. The Hall–Kier alpha value is -4.48. The van der Waals surface area contributed by atoms with Crippen LogP contribution in [0.2, 0.25) is 0 Å². The van der Waals surface area contributed by atoms with Gasteiger partial charge in [-0.3, -0.25) is 9.59 Å². The Morgan fingerprint density at radius 3 is 1.28 bits per heavy atom. The van der Waals surface area contributed by atoms with Gasteiger partial charge in [0.2, 0.25) is 0 Å². The summed E-state index contributed by atoms with van der Waals surface area (Å²) < 4.78 is 25.1. The molecule has 13 heteroatoms. The zero-order chi connectivity index (χ0) is 28.9. The van der Waals surface area contributed by atoms with E-state index < -0.39 is 34.4 Å². The third-order valence-corrected chi connectivity index (χ3v) is 4.94. The van der Waals surface area contributed by atoms with Gasteiger partial charge in [0.1, 0.15) is 37.9 Å². The monoisotopic (exact) mass is 578 g/mol. The highest BCUT2D eigenvalue weighted by molar-refractivity contribution is 6.68. The minimum atomic E-state index is -0.955. The van der Waals surface area contributed by atoms with Crippen molar-refractivity contribution >= 4 is 57.6 Å². The lowest BCUT2D eigenvalue weighted by atomic mass is 10.1. The van der Waals surface area contributed by atoms with Gasteiger partial charge < -0.3 is 23.7 Å². The first kappa shape index (κ1) is 30.7. The van der Waals surface area contributed by atoms with E-state index in [2.05, 4.69) is 13.2 Å². The van der Waals surface area contributed by atoms with Crippen LogP contribution >= 0.6 is 23.2 Å². The minimum Gasteiger partial charge on any atom is -0.459 e. The maximum atomic E-state index is 12.5. The maximum Gasteiger partial charge on any atom is 0.339 e. The lowest BCUT2D eigenvalue weighted by Crippen LogP contribution is -2.15. The predicted octanol–water partition coefficient (Wildman–Crippen LogP) is 4.01. The first-order valence-electron chi connectivity index (χ1n) is 10.9. The summed E-state index contributed by atoms with van der Waals surface area (Å²) >= 11 is 11.1. The SMILES string of the molecule is C=CC(=O)OCCOC(=O)c1cc(Oc2ccc(C(=O)Cl)c(C(=O)OCCOC(=O)C=C)c2)ccc1C(=O)Cl. The zero-order valence-electron chi connectivity index (χ0n) is 20.1. The van der Waals surface area contributed by atoms with E-state index in [1.165, 1.54) is 36.4 Å². The summed E-state index contributed by atoms with van der Waals surface area (Å²) in [4.78, 5) is 70.8. The first-order valence-corrected chi connectivity index (χ1v) is 11.6. The molecule has 2 aromatic carbocycles. The molecule has 0 unspecified atom stereocenters. The maximum absolute atomic E-state index is 12.5. The number of esters is 4. The van der Waals surface area contributed by atoms with Crippen LogP contribution < -0.4 is 4.74 Å². The van der Waals surface area contributed by atoms with Gasteiger partial charge in [-0.2, -0.15) is 0 Å². The molecule has 0 atom stereocenters. The van der Waals surface area contributed by atoms with Crippen LogP contribution in [0.5, 0.6) is 11.5 Å². The average molecular weight is 579 g/mol. The molecule has 2 aromatic rings. The fourth-order valence-corrected chi connectivity index (χ4v) is 3.15. The third-order valence-electron chi connectivity index (χ3n) is 4.54. The summed E-state index contributed by atoms with van der Waals surface area (Å²) in [5.74, 6) is -3.27. The van der Waals surface area contributed by atoms with Crippen molar-refractivity contribution in [3.8, 4) is 11.5 Å². The van der Waals surface area contributed by atoms with Crippen LogP contribution in [0.25, 0.3) is 0 Å². The predicted molar refractivity (Wildman–Crippen MR) is 136 cm³/mol. The summed E-state index contributed by atoms with van der Waals surface area (Å²) in [6.07, 6.45) is 1.88. The van der Waals surface area contributed by atoms with Crippen molar-refractivity contribution in [1.29, 1.82) is 0 Å². The number of hydrogen-bond acceptors (Lipinski definition) is 11. The van der Waals surface area contributed by atoms with E-state index in [9.17, 15) is 28.8 Å². The minimum absolute atomic E-state index is 0.0299. The van der Waals surface area contributed by atoms with Gasteiger partial charge in [-0.25, -0.2) is 19.2 Å². The van der Waals surface area contributed by atoms with E-state index in [4.69, 9.17) is 46.9 Å². The molecule has 0 aliphatic carbocycles. The van der Waals surface area contributed by atoms with Gasteiger partial charge in [-0.1, -0.05) is 13.2 Å². The Morgan fingerprint density at radius 1 is 0.590 bits per heavy atom. The highest BCUT2D eigenvalue weighted by Gasteiger charge is 2.21. The molecule has 0 amide bonds. The quantitative estimate of drug-likeness (QED) is 0.105. The van der Waals surface area contributed by atoms with E-state index in [0.29, 0.717) is 0 Å². The Bertz CT molecular complexity index is 1220. The van der Waals surface area contributed by atoms with E-state index in [1.807, 2.05) is 0 Å². The molecule has 0 N–H and O–H groups in total. The van der Waals surface area contributed by atoms with Crippen LogP contribution in [0.4, 0.5) is 0 Å². The summed E-state index contributed by atoms with van der Waals surface area (Å²) in [5.41, 5.74) is -0.851. The van der Waals surface area contributed by atoms with Gasteiger partial charge in [-0.15, -0.1) is 0 Å². The van der Waals surface area contributed by atoms with Crippen LogP contribution in [0, 0.1) is 0 Å². The van der Waals surface area contributed by atoms with Gasteiger partial charge in [-0.05, 0) is 59.6 Å². The van der Waals surface area contributed by atoms with Crippen molar-refractivity contribution in [2.45, 2.75) is 0 Å². The fraction of sp³-hybridized carbons (Fsp3) is 0.154. The molecule has 0 fully saturated rings. The highest BCUT2D eigenvalue weighted by atomic mass is 35.5. The van der Waals surface area contributed by atoms with Crippen LogP contribution in [0.1, 0.15) is 41.4 Å². The van der Waals surface area contributed by atoms with Crippen molar-refractivity contribution in [3.05, 3.63) is 84.0 Å². The molecule has 0 bridgehead atoms. The number of carbonyl (C=O) groups is 6. The molecule has 0 aliphatic rings. The number of ether oxygens (including phenoxy) is 5. The molecule has 204 valence electrons. The molecule has 39 heavy (non-hydrogen) atoms. The third kappa shape index (κ3) is 9.40. The molecule has 11 nitrogen and oxygen atoms in total. The number of benzene rings is 2. The molecular weight excluding hydrogens is 559 g/mol. The smallest absolute Gasteiger partial charge is 0.339 e. The molecule has 0 heterocycles. The molecule has 0 saturated carbocycles. The summed E-state index contributed by atoms with van der Waals surface area (Å²) in [6, 6.07) is 7.42. The van der Waals surface area contributed by atoms with Gasteiger partial charge >= 0.3 is 23.9 Å². The van der Waals surface area contributed by atoms with E-state index >= 15 is 0 Å². The fourth-order valence-electron chi connectivity index (χ4n) is 2.82. The van der Waals surface area contributed by atoms with E-state index in [0.717, 1.165) is 12.2 Å². The number of halogens is 2. The zero-order valence-corrected chi connectivity index (χ0v) is 21.6. The summed E-state index contributed by atoms with van der Waals surface area (Å²) in [6.45, 7) is 5.34. The molecule has 0 aromatic heterocycles. The van der Waals surface area contributed by atoms with Crippen molar-refractivity contribution in [1.82, 2.24) is 0 Å². The summed E-state index contributed by atoms with van der Waals surface area (Å²) in [7, 11) is 0. The lowest BCUT2D eigenvalue weighted by Gasteiger charge is -2.13. The van der Waals surface area contributed by atoms with Gasteiger partial charge in [0, 0.05) is 23.3 Å². The topological polar surface area (TPSA) is 149 Å². The second kappa shape index (κ2) is 15.1. The van der Waals surface area contributed by atoms with Crippen molar-refractivity contribution in [2.24, 2.45) is 0 Å². The molecule has 0 radical (unpaired) electrons. The Labute approximate surface area is 231 Å². The largest absolute Gasteiger partial charge is 0.459 e. The van der Waals surface area contributed by atoms with Crippen LogP contribution in [0.15, 0.2) is 61.7 Å². The molecule has 0 saturated heterocycles. The van der Waals surface area contributed by atoms with Crippen LogP contribution in [-0.2, 0) is 28.5 Å². The average Bonchev–Trinajstić information content (AvgIpc) is 2.92. The highest BCUT2D eigenvalue weighted by Crippen LogP contribution is 2.28. The van der Waals surface area contributed by atoms with E-state index in [-0.39, 0.29) is 60.2 Å². The van der Waals surface area contributed by atoms with Crippen molar-refractivity contribution in [2.75, 3.05) is 26.4 Å². The number of carbonyl (C=O) groups excluding carboxylic acids is 6. The Balaban J connectivity index is 2.23. The lowest BCUT2D eigenvalue weighted by molar-refractivity contribution is -0.139. The number of hydrogen-bond donors (Lipinski definition) is 0. The molecule has 0 spiro atoms. The molecular formula is C26H20Cl2O11. The normalized spacial score (nSPS) is 10.0. The van der Waals surface area contributed by atoms with Crippen molar-refractivity contribution < 1.29 is 52.5 Å². The molecule has 0 aliphatic heterocycles. The first-order chi connectivity index (χ1) is 18.6. The number of rotatable bonds is 14. The second-order valence-corrected chi connectivity index (χ2v) is 7.77. The van der Waals surface area contributed by atoms with Crippen molar-refractivity contribution in [3.63, 3.8) is 0 Å². The van der Waals surface area contributed by atoms with Gasteiger partial charge in [0.15, 0.2) is 0 Å². The summed E-state index contributed by atoms with van der Waals surface area (Å²) in [5, 5.41) is -1.89. The van der Waals surface area contributed by atoms with Crippen LogP contribution in [-0.4, -0.2) is 60.8 Å². The molecule has 2 rings (SSSR count).